The van der Waals surface area contributed by atoms with Crippen LogP contribution in [0, 0.1) is 0 Å². The highest BCUT2D eigenvalue weighted by Gasteiger charge is 2.25. The largest absolute Gasteiger partial charge is 0.468 e. The van der Waals surface area contributed by atoms with E-state index in [4.69, 9.17) is 4.42 Å². The lowest BCUT2D eigenvalue weighted by atomic mass is 10.2. The molecule has 2 aromatic heterocycles. The van der Waals surface area contributed by atoms with Gasteiger partial charge in [-0.3, -0.25) is 9.89 Å². The van der Waals surface area contributed by atoms with E-state index in [1.54, 1.807) is 13.3 Å². The molecule has 140 valence electrons. The topological polar surface area (TPSA) is 83.5 Å². The lowest BCUT2D eigenvalue weighted by Crippen LogP contribution is -2.42. The molecule has 0 aliphatic carbocycles. The number of nitrogens with zero attached hydrogens (tertiary/aromatic N) is 5. The van der Waals surface area contributed by atoms with Gasteiger partial charge in [0.15, 0.2) is 11.8 Å². The van der Waals surface area contributed by atoms with E-state index in [0.717, 1.165) is 62.4 Å². The Bertz CT molecular complexity index is 731. The fraction of sp³-hybridized carbons (Fsp3) is 0.611. The number of nitrogens with one attached hydrogen (secondary N) is 2. The van der Waals surface area contributed by atoms with E-state index in [1.807, 2.05) is 6.07 Å². The first kappa shape index (κ1) is 17.1. The Morgan fingerprint density at radius 2 is 2.12 bits per heavy atom. The van der Waals surface area contributed by atoms with E-state index in [2.05, 4.69) is 41.4 Å². The van der Waals surface area contributed by atoms with Crippen molar-refractivity contribution < 1.29 is 4.42 Å². The molecule has 2 aromatic rings. The van der Waals surface area contributed by atoms with Crippen molar-refractivity contribution in [1.82, 2.24) is 30.3 Å². The maximum atomic E-state index is 5.68. The van der Waals surface area contributed by atoms with Crippen molar-refractivity contribution in [3.63, 3.8) is 0 Å². The summed E-state index contributed by atoms with van der Waals surface area (Å²) in [6.45, 7) is 4.63. The average Bonchev–Trinajstić information content (AvgIpc) is 3.44. The molecule has 2 N–H and O–H groups in total. The summed E-state index contributed by atoms with van der Waals surface area (Å²) in [4.78, 5) is 6.83. The molecule has 0 radical (unpaired) electrons. The van der Waals surface area contributed by atoms with Gasteiger partial charge in [0.25, 0.3) is 0 Å². The number of aromatic nitrogens is 3. The van der Waals surface area contributed by atoms with Crippen molar-refractivity contribution in [2.45, 2.75) is 44.8 Å². The average molecular weight is 357 g/mol. The van der Waals surface area contributed by atoms with E-state index >= 15 is 0 Å². The predicted octanol–water partition coefficient (Wildman–Crippen LogP) is 1.32. The van der Waals surface area contributed by atoms with Crippen LogP contribution in [-0.2, 0) is 19.5 Å². The number of guanidine groups is 1. The van der Waals surface area contributed by atoms with Crippen LogP contribution >= 0.6 is 0 Å². The molecule has 0 saturated carbocycles. The van der Waals surface area contributed by atoms with Crippen LogP contribution in [0.15, 0.2) is 27.8 Å². The van der Waals surface area contributed by atoms with Crippen LogP contribution in [0.25, 0.3) is 0 Å². The van der Waals surface area contributed by atoms with Gasteiger partial charge in [0.05, 0.1) is 18.8 Å². The van der Waals surface area contributed by atoms with E-state index in [9.17, 15) is 0 Å². The number of hydrogen-bond acceptors (Lipinski definition) is 5. The zero-order chi connectivity index (χ0) is 17.8. The molecule has 2 aliphatic rings. The van der Waals surface area contributed by atoms with Gasteiger partial charge in [-0.15, -0.1) is 10.2 Å². The number of aliphatic imine (C=N–C) groups is 1. The first-order valence-corrected chi connectivity index (χ1v) is 9.48. The molecule has 1 atom stereocenters. The molecule has 0 aromatic carbocycles. The minimum atomic E-state index is 0.225. The predicted molar refractivity (Wildman–Crippen MR) is 98.8 cm³/mol. The Balaban J connectivity index is 1.35. The molecule has 0 bridgehead atoms. The summed E-state index contributed by atoms with van der Waals surface area (Å²) in [6.07, 6.45) is 6.44. The Morgan fingerprint density at radius 3 is 2.88 bits per heavy atom. The molecule has 1 unspecified atom stereocenters. The van der Waals surface area contributed by atoms with E-state index in [-0.39, 0.29) is 6.04 Å². The van der Waals surface area contributed by atoms with Crippen molar-refractivity contribution >= 4 is 5.96 Å². The number of furan rings is 1. The third-order valence-electron chi connectivity index (χ3n) is 5.24. The molecular formula is C18H27N7O. The fourth-order valence-electron chi connectivity index (χ4n) is 3.86. The smallest absolute Gasteiger partial charge is 0.191 e. The van der Waals surface area contributed by atoms with Gasteiger partial charge in [0.1, 0.15) is 11.6 Å². The van der Waals surface area contributed by atoms with Crippen LogP contribution in [0.1, 0.15) is 42.7 Å². The Hall–Kier alpha value is -2.35. The monoisotopic (exact) mass is 357 g/mol. The first-order chi connectivity index (χ1) is 12.8. The third kappa shape index (κ3) is 3.60. The van der Waals surface area contributed by atoms with Gasteiger partial charge in [-0.1, -0.05) is 0 Å². The zero-order valence-corrected chi connectivity index (χ0v) is 15.3. The summed E-state index contributed by atoms with van der Waals surface area (Å²) in [5.41, 5.74) is 0. The van der Waals surface area contributed by atoms with Gasteiger partial charge < -0.3 is 19.6 Å². The van der Waals surface area contributed by atoms with Crippen LogP contribution in [0.5, 0.6) is 0 Å². The SMILES string of the molecule is CN=C(NCc1nnc2n1CCC2)NCC(c1ccco1)N1CCCC1. The van der Waals surface area contributed by atoms with Gasteiger partial charge in [-0.05, 0) is 44.5 Å². The molecule has 1 saturated heterocycles. The first-order valence-electron chi connectivity index (χ1n) is 9.48. The van der Waals surface area contributed by atoms with Crippen molar-refractivity contribution in [2.24, 2.45) is 4.99 Å². The maximum Gasteiger partial charge on any atom is 0.191 e. The maximum absolute atomic E-state index is 5.68. The van der Waals surface area contributed by atoms with Crippen LogP contribution < -0.4 is 10.6 Å². The second kappa shape index (κ2) is 7.90. The lowest BCUT2D eigenvalue weighted by molar-refractivity contribution is 0.215. The molecule has 0 spiro atoms. The van der Waals surface area contributed by atoms with Crippen molar-refractivity contribution in [3.05, 3.63) is 35.8 Å². The second-order valence-electron chi connectivity index (χ2n) is 6.87. The minimum Gasteiger partial charge on any atom is -0.468 e. The molecule has 1 fully saturated rings. The summed E-state index contributed by atoms with van der Waals surface area (Å²) >= 11 is 0. The second-order valence-corrected chi connectivity index (χ2v) is 6.87. The van der Waals surface area contributed by atoms with E-state index < -0.39 is 0 Å². The fourth-order valence-corrected chi connectivity index (χ4v) is 3.86. The van der Waals surface area contributed by atoms with E-state index in [0.29, 0.717) is 6.54 Å². The molecule has 8 heteroatoms. The molecule has 4 heterocycles. The molecule has 26 heavy (non-hydrogen) atoms. The van der Waals surface area contributed by atoms with Gasteiger partial charge >= 0.3 is 0 Å². The third-order valence-corrected chi connectivity index (χ3v) is 5.24. The minimum absolute atomic E-state index is 0.225. The highest BCUT2D eigenvalue weighted by atomic mass is 16.3. The summed E-state index contributed by atoms with van der Waals surface area (Å²) in [6, 6.07) is 4.24. The number of rotatable bonds is 6. The molecule has 4 rings (SSSR count). The van der Waals surface area contributed by atoms with Crippen LogP contribution in [0.3, 0.4) is 0 Å². The van der Waals surface area contributed by atoms with Crippen LogP contribution in [-0.4, -0.2) is 52.3 Å². The van der Waals surface area contributed by atoms with Gasteiger partial charge in [0.2, 0.25) is 0 Å². The molecule has 8 nitrogen and oxygen atoms in total. The molecular weight excluding hydrogens is 330 g/mol. The number of aryl methyl sites for hydroxylation is 1. The number of likely N-dealkylation sites (tertiary alicyclic amines) is 1. The summed E-state index contributed by atoms with van der Waals surface area (Å²) in [5, 5.41) is 15.3. The summed E-state index contributed by atoms with van der Waals surface area (Å²) in [5.74, 6) is 3.85. The van der Waals surface area contributed by atoms with Crippen molar-refractivity contribution in [2.75, 3.05) is 26.7 Å². The normalized spacial score (nSPS) is 18.9. The number of fused-ring (bicyclic) bond motifs is 1. The van der Waals surface area contributed by atoms with Gasteiger partial charge in [-0.2, -0.15) is 0 Å². The molecule has 2 aliphatic heterocycles. The van der Waals surface area contributed by atoms with E-state index in [1.165, 1.54) is 12.8 Å². The lowest BCUT2D eigenvalue weighted by Gasteiger charge is -2.26. The Kier molecular flexibility index (Phi) is 5.19. The van der Waals surface area contributed by atoms with Crippen molar-refractivity contribution in [1.29, 1.82) is 0 Å². The van der Waals surface area contributed by atoms with Gasteiger partial charge in [0, 0.05) is 26.6 Å². The van der Waals surface area contributed by atoms with Gasteiger partial charge in [-0.25, -0.2) is 0 Å². The number of hydrogen-bond donors (Lipinski definition) is 2. The summed E-state index contributed by atoms with van der Waals surface area (Å²) in [7, 11) is 1.79. The summed E-state index contributed by atoms with van der Waals surface area (Å²) < 4.78 is 7.88. The highest BCUT2D eigenvalue weighted by Crippen LogP contribution is 2.24. The zero-order valence-electron chi connectivity index (χ0n) is 15.3. The highest BCUT2D eigenvalue weighted by molar-refractivity contribution is 5.79. The van der Waals surface area contributed by atoms with Crippen LogP contribution in [0.2, 0.25) is 0 Å². The Morgan fingerprint density at radius 1 is 1.23 bits per heavy atom. The van der Waals surface area contributed by atoms with Crippen LogP contribution in [0.4, 0.5) is 0 Å². The quantitative estimate of drug-likeness (QED) is 0.599. The van der Waals surface area contributed by atoms with Crippen molar-refractivity contribution in [3.8, 4) is 0 Å². The Labute approximate surface area is 153 Å². The standard InChI is InChI=1S/C18H27N7O/c1-19-18(21-13-17-23-22-16-7-4-10-25(16)17)20-12-14(15-6-5-11-26-15)24-8-2-3-9-24/h5-6,11,14H,2-4,7-10,12-13H2,1H3,(H2,19,20,21). The molecule has 0 amide bonds.